The van der Waals surface area contributed by atoms with Crippen LogP contribution in [0.5, 0.6) is 5.75 Å². The summed E-state index contributed by atoms with van der Waals surface area (Å²) in [6.45, 7) is 4.70. The Hall–Kier alpha value is -4.00. The van der Waals surface area contributed by atoms with Crippen LogP contribution in [0.1, 0.15) is 28.7 Å². The Morgan fingerprint density at radius 1 is 1.09 bits per heavy atom. The predicted molar refractivity (Wildman–Crippen MR) is 129 cm³/mol. The maximum Gasteiger partial charge on any atom is 0.245 e. The van der Waals surface area contributed by atoms with Crippen LogP contribution in [-0.4, -0.2) is 24.6 Å². The second-order valence-electron chi connectivity index (χ2n) is 8.39. The van der Waals surface area contributed by atoms with Crippen molar-refractivity contribution in [2.24, 2.45) is 11.0 Å². The van der Waals surface area contributed by atoms with Crippen LogP contribution < -0.4 is 15.1 Å². The number of nitrogens with zero attached hydrogens (tertiary/aromatic N) is 2. The van der Waals surface area contributed by atoms with E-state index in [1.54, 1.807) is 35.4 Å². The Kier molecular flexibility index (Phi) is 7.01. The Bertz CT molecular complexity index is 1210. The fourth-order valence-corrected chi connectivity index (χ4v) is 3.69. The summed E-state index contributed by atoms with van der Waals surface area (Å²) in [6.07, 6.45) is 1.70. The second-order valence-corrected chi connectivity index (χ2v) is 8.39. The summed E-state index contributed by atoms with van der Waals surface area (Å²) in [5.74, 6) is -0.411. The van der Waals surface area contributed by atoms with Gasteiger partial charge < -0.3 is 9.64 Å². The predicted octanol–water partition coefficient (Wildman–Crippen LogP) is 4.52. The quantitative estimate of drug-likeness (QED) is 0.417. The lowest BCUT2D eigenvalue weighted by Crippen LogP contribution is -2.30. The highest BCUT2D eigenvalue weighted by Gasteiger charge is 2.35. The van der Waals surface area contributed by atoms with E-state index in [2.05, 4.69) is 10.5 Å². The van der Waals surface area contributed by atoms with Crippen LogP contribution in [0.4, 0.5) is 10.1 Å². The molecule has 0 saturated carbocycles. The van der Waals surface area contributed by atoms with Crippen LogP contribution in [0, 0.1) is 25.6 Å². The number of hydrogen-bond acceptors (Lipinski definition) is 4. The normalized spacial score (nSPS) is 15.7. The number of halogens is 1. The smallest absolute Gasteiger partial charge is 0.245 e. The molecule has 2 amide bonds. The molecule has 7 heteroatoms. The maximum absolute atomic E-state index is 13.0. The number of carbonyl (C=O) groups is 2. The number of rotatable bonds is 7. The van der Waals surface area contributed by atoms with Crippen LogP contribution >= 0.6 is 0 Å². The van der Waals surface area contributed by atoms with Crippen molar-refractivity contribution in [3.05, 3.63) is 94.8 Å². The summed E-state index contributed by atoms with van der Waals surface area (Å²) in [5.41, 5.74) is 7.28. The van der Waals surface area contributed by atoms with E-state index in [-0.39, 0.29) is 24.1 Å². The average molecular weight is 460 g/mol. The lowest BCUT2D eigenvalue weighted by molar-refractivity contribution is -0.126. The molecule has 6 nitrogen and oxygen atoms in total. The van der Waals surface area contributed by atoms with E-state index in [9.17, 15) is 14.0 Å². The first-order valence-corrected chi connectivity index (χ1v) is 11.1. The monoisotopic (exact) mass is 459 g/mol. The van der Waals surface area contributed by atoms with Crippen LogP contribution in [-0.2, 0) is 16.2 Å². The van der Waals surface area contributed by atoms with E-state index in [0.29, 0.717) is 18.9 Å². The van der Waals surface area contributed by atoms with Gasteiger partial charge in [0.1, 0.15) is 18.2 Å². The molecular weight excluding hydrogens is 433 g/mol. The zero-order valence-corrected chi connectivity index (χ0v) is 19.1. The molecule has 0 aromatic heterocycles. The van der Waals surface area contributed by atoms with Gasteiger partial charge in [0.25, 0.3) is 0 Å². The molecule has 3 aromatic rings. The Morgan fingerprint density at radius 3 is 2.53 bits per heavy atom. The molecule has 1 aliphatic rings. The number of benzene rings is 3. The highest BCUT2D eigenvalue weighted by Crippen LogP contribution is 2.27. The van der Waals surface area contributed by atoms with Crippen LogP contribution in [0.3, 0.4) is 0 Å². The van der Waals surface area contributed by atoms with Gasteiger partial charge in [-0.15, -0.1) is 0 Å². The van der Waals surface area contributed by atoms with Gasteiger partial charge in [0.15, 0.2) is 0 Å². The minimum atomic E-state index is -0.450. The molecule has 1 N–H and O–H groups in total. The topological polar surface area (TPSA) is 71.0 Å². The number of aryl methyl sites for hydroxylation is 2. The zero-order valence-electron chi connectivity index (χ0n) is 19.1. The van der Waals surface area contributed by atoms with Crippen LogP contribution in [0.2, 0.25) is 0 Å². The third-order valence-corrected chi connectivity index (χ3v) is 5.89. The first-order chi connectivity index (χ1) is 16.4. The molecule has 1 saturated heterocycles. The summed E-state index contributed by atoms with van der Waals surface area (Å²) in [7, 11) is 0. The third kappa shape index (κ3) is 5.67. The Balaban J connectivity index is 1.27. The number of carbonyl (C=O) groups excluding carboxylic acids is 2. The summed E-state index contributed by atoms with van der Waals surface area (Å²) in [5, 5.41) is 4.04. The number of hydrogen-bond donors (Lipinski definition) is 1. The summed E-state index contributed by atoms with van der Waals surface area (Å²) in [6, 6.07) is 19.2. The standard InChI is InChI=1S/C27H26FN3O3/c1-18-3-10-24(13-19(18)2)31-16-22(14-26(31)32)27(33)30-29-15-20-6-11-25(12-7-20)34-17-21-4-8-23(28)9-5-21/h3-13,15,22H,14,16-17H2,1-2H3,(H,30,33)/b29-15-/t22-/m1/s1. The van der Waals surface area contributed by atoms with Gasteiger partial charge in [0, 0.05) is 18.7 Å². The first-order valence-electron chi connectivity index (χ1n) is 11.1. The van der Waals surface area contributed by atoms with E-state index in [4.69, 9.17) is 4.74 Å². The van der Waals surface area contributed by atoms with Crippen molar-refractivity contribution < 1.29 is 18.7 Å². The lowest BCUT2D eigenvalue weighted by atomic mass is 10.1. The fourth-order valence-electron chi connectivity index (χ4n) is 3.69. The van der Waals surface area contributed by atoms with Gasteiger partial charge in [-0.25, -0.2) is 9.82 Å². The SMILES string of the molecule is Cc1ccc(N2C[C@H](C(=O)N/N=C\c3ccc(OCc4ccc(F)cc4)cc3)CC2=O)cc1C. The minimum Gasteiger partial charge on any atom is -0.489 e. The zero-order chi connectivity index (χ0) is 24.1. The van der Waals surface area contributed by atoms with Gasteiger partial charge in [-0.05, 0) is 84.6 Å². The number of anilines is 1. The first kappa shape index (κ1) is 23.2. The van der Waals surface area contributed by atoms with Crippen molar-refractivity contribution in [1.82, 2.24) is 5.43 Å². The average Bonchev–Trinajstić information content (AvgIpc) is 3.23. The molecule has 34 heavy (non-hydrogen) atoms. The van der Waals surface area contributed by atoms with Crippen LogP contribution in [0.15, 0.2) is 71.8 Å². The largest absolute Gasteiger partial charge is 0.489 e. The number of hydrazone groups is 1. The van der Waals surface area contributed by atoms with Crippen molar-refractivity contribution in [3.63, 3.8) is 0 Å². The Morgan fingerprint density at radius 2 is 1.82 bits per heavy atom. The molecule has 0 bridgehead atoms. The molecule has 0 aliphatic carbocycles. The van der Waals surface area contributed by atoms with Gasteiger partial charge in [-0.1, -0.05) is 18.2 Å². The molecule has 1 fully saturated rings. The van der Waals surface area contributed by atoms with E-state index >= 15 is 0 Å². The molecule has 3 aromatic carbocycles. The molecule has 0 radical (unpaired) electrons. The molecule has 4 rings (SSSR count). The molecule has 0 unspecified atom stereocenters. The highest BCUT2D eigenvalue weighted by atomic mass is 19.1. The van der Waals surface area contributed by atoms with Crippen molar-refractivity contribution in [3.8, 4) is 5.75 Å². The number of nitrogens with one attached hydrogen (secondary N) is 1. The molecule has 1 heterocycles. The van der Waals surface area contributed by atoms with Gasteiger partial charge in [0.05, 0.1) is 12.1 Å². The molecule has 0 spiro atoms. The minimum absolute atomic E-state index is 0.0661. The molecular formula is C27H26FN3O3. The molecule has 1 atom stereocenters. The van der Waals surface area contributed by atoms with Crippen LogP contribution in [0.25, 0.3) is 0 Å². The lowest BCUT2D eigenvalue weighted by Gasteiger charge is -2.17. The van der Waals surface area contributed by atoms with E-state index in [0.717, 1.165) is 27.9 Å². The second kappa shape index (κ2) is 10.3. The molecule has 174 valence electrons. The fraction of sp³-hybridized carbons (Fsp3) is 0.222. The summed E-state index contributed by atoms with van der Waals surface area (Å²) < 4.78 is 18.7. The number of ether oxygens (including phenoxy) is 1. The van der Waals surface area contributed by atoms with Crippen molar-refractivity contribution in [2.45, 2.75) is 26.9 Å². The Labute approximate surface area is 198 Å². The summed E-state index contributed by atoms with van der Waals surface area (Å²) >= 11 is 0. The van der Waals surface area contributed by atoms with Gasteiger partial charge in [0.2, 0.25) is 11.8 Å². The third-order valence-electron chi connectivity index (χ3n) is 5.89. The highest BCUT2D eigenvalue weighted by molar-refractivity contribution is 6.00. The summed E-state index contributed by atoms with van der Waals surface area (Å²) in [4.78, 5) is 26.6. The van der Waals surface area contributed by atoms with Gasteiger partial charge >= 0.3 is 0 Å². The van der Waals surface area contributed by atoms with E-state index < -0.39 is 5.92 Å². The maximum atomic E-state index is 13.0. The van der Waals surface area contributed by atoms with Crippen molar-refractivity contribution in [1.29, 1.82) is 0 Å². The van der Waals surface area contributed by atoms with E-state index in [1.807, 2.05) is 44.2 Å². The van der Waals surface area contributed by atoms with Gasteiger partial charge in [-0.2, -0.15) is 5.10 Å². The van der Waals surface area contributed by atoms with E-state index in [1.165, 1.54) is 12.1 Å². The molecule has 1 aliphatic heterocycles. The van der Waals surface area contributed by atoms with Crippen molar-refractivity contribution >= 4 is 23.7 Å². The number of amides is 2. The van der Waals surface area contributed by atoms with Crippen molar-refractivity contribution in [2.75, 3.05) is 11.4 Å². The van der Waals surface area contributed by atoms with Gasteiger partial charge in [-0.3, -0.25) is 9.59 Å².